The van der Waals surface area contributed by atoms with E-state index >= 15 is 0 Å². The van der Waals surface area contributed by atoms with E-state index in [2.05, 4.69) is 26.1 Å². The molecule has 0 spiro atoms. The van der Waals surface area contributed by atoms with Gasteiger partial charge in [0.05, 0.1) is 0 Å². The average Bonchev–Trinajstić information content (AvgIpc) is 2.37. The van der Waals surface area contributed by atoms with Gasteiger partial charge in [0, 0.05) is 32.9 Å². The van der Waals surface area contributed by atoms with E-state index in [1.807, 2.05) is 24.3 Å². The number of rotatable bonds is 7. The molecule has 1 rings (SSSR count). The van der Waals surface area contributed by atoms with Crippen molar-refractivity contribution in [1.29, 1.82) is 0 Å². The van der Waals surface area contributed by atoms with Gasteiger partial charge in [-0.05, 0) is 37.6 Å². The van der Waals surface area contributed by atoms with Crippen LogP contribution in [-0.2, 0) is 16.6 Å². The quantitative estimate of drug-likeness (QED) is 0.833. The predicted molar refractivity (Wildman–Crippen MR) is 80.5 cm³/mol. The number of benzene rings is 1. The number of nitrogens with one attached hydrogen (secondary N) is 1. The van der Waals surface area contributed by atoms with Crippen molar-refractivity contribution in [2.45, 2.75) is 44.2 Å². The van der Waals surface area contributed by atoms with Crippen LogP contribution in [0.4, 0.5) is 0 Å². The predicted octanol–water partition coefficient (Wildman–Crippen LogP) is 3.37. The first kappa shape index (κ1) is 15.7. The molecule has 0 fully saturated rings. The van der Waals surface area contributed by atoms with Crippen LogP contribution in [0.15, 0.2) is 24.3 Å². The molecule has 0 amide bonds. The Bertz CT molecular complexity index is 380. The maximum atomic E-state index is 12.3. The highest BCUT2D eigenvalue weighted by molar-refractivity contribution is 7.84. The zero-order chi connectivity index (χ0) is 13.5. The molecule has 1 aromatic carbocycles. The van der Waals surface area contributed by atoms with Gasteiger partial charge < -0.3 is 5.32 Å². The lowest BCUT2D eigenvalue weighted by Crippen LogP contribution is -2.40. The minimum atomic E-state index is -0.859. The lowest BCUT2D eigenvalue weighted by molar-refractivity contribution is 0.500. The highest BCUT2D eigenvalue weighted by Gasteiger charge is 2.20. The topological polar surface area (TPSA) is 29.1 Å². The van der Waals surface area contributed by atoms with Crippen LogP contribution in [0.3, 0.4) is 0 Å². The molecule has 18 heavy (non-hydrogen) atoms. The van der Waals surface area contributed by atoms with Gasteiger partial charge in [0.2, 0.25) is 0 Å². The highest BCUT2D eigenvalue weighted by atomic mass is 35.5. The van der Waals surface area contributed by atoms with E-state index in [4.69, 9.17) is 11.6 Å². The second-order valence-corrected chi connectivity index (χ2v) is 6.66. The largest absolute Gasteiger partial charge is 0.313 e. The second-order valence-electron chi connectivity index (χ2n) is 4.43. The maximum absolute atomic E-state index is 12.3. The van der Waals surface area contributed by atoms with E-state index in [-0.39, 0.29) is 5.25 Å². The Balaban J connectivity index is 2.61. The molecule has 0 bridgehead atoms. The van der Waals surface area contributed by atoms with Gasteiger partial charge in [-0.3, -0.25) is 4.21 Å². The highest BCUT2D eigenvalue weighted by Crippen LogP contribution is 2.14. The van der Waals surface area contributed by atoms with Crippen LogP contribution < -0.4 is 5.32 Å². The lowest BCUT2D eigenvalue weighted by atomic mass is 10.2. The Morgan fingerprint density at radius 3 is 2.39 bits per heavy atom. The Hall–Kier alpha value is -0.380. The summed E-state index contributed by atoms with van der Waals surface area (Å²) in [4.78, 5) is 0. The summed E-state index contributed by atoms with van der Waals surface area (Å²) in [5.41, 5.74) is 1.08. The maximum Gasteiger partial charge on any atom is 0.0488 e. The SMILES string of the molecule is CCNC(CC)C(C)S(=O)Cc1ccc(Cl)cc1. The molecule has 1 aromatic rings. The molecule has 4 heteroatoms. The fourth-order valence-electron chi connectivity index (χ4n) is 1.96. The van der Waals surface area contributed by atoms with Crippen LogP contribution in [-0.4, -0.2) is 22.0 Å². The summed E-state index contributed by atoms with van der Waals surface area (Å²) in [5, 5.41) is 4.27. The second kappa shape index (κ2) is 7.93. The van der Waals surface area contributed by atoms with Crippen molar-refractivity contribution in [2.24, 2.45) is 0 Å². The first-order chi connectivity index (χ1) is 8.58. The monoisotopic (exact) mass is 287 g/mol. The summed E-state index contributed by atoms with van der Waals surface area (Å²) in [5.74, 6) is 0.597. The molecule has 0 aliphatic rings. The molecule has 0 saturated heterocycles. The van der Waals surface area contributed by atoms with Crippen molar-refractivity contribution in [2.75, 3.05) is 6.54 Å². The standard InChI is InChI=1S/C14H22ClNOS/c1-4-14(16-5-2)11(3)18(17)10-12-6-8-13(15)9-7-12/h6-9,11,14,16H,4-5,10H2,1-3H3. The summed E-state index contributed by atoms with van der Waals surface area (Å²) in [6.07, 6.45) is 1.00. The summed E-state index contributed by atoms with van der Waals surface area (Å²) >= 11 is 5.84. The molecule has 2 nitrogen and oxygen atoms in total. The Morgan fingerprint density at radius 2 is 1.89 bits per heavy atom. The third-order valence-corrected chi connectivity index (χ3v) is 5.14. The summed E-state index contributed by atoms with van der Waals surface area (Å²) in [6, 6.07) is 7.91. The Labute approximate surface area is 118 Å². The summed E-state index contributed by atoms with van der Waals surface area (Å²) in [6.45, 7) is 7.19. The van der Waals surface area contributed by atoms with Crippen LogP contribution in [0.25, 0.3) is 0 Å². The molecule has 0 aromatic heterocycles. The van der Waals surface area contributed by atoms with E-state index < -0.39 is 10.8 Å². The minimum Gasteiger partial charge on any atom is -0.313 e. The van der Waals surface area contributed by atoms with Crippen molar-refractivity contribution >= 4 is 22.4 Å². The fraction of sp³-hybridized carbons (Fsp3) is 0.571. The van der Waals surface area contributed by atoms with Crippen LogP contribution >= 0.6 is 11.6 Å². The third-order valence-electron chi connectivity index (χ3n) is 3.11. The molecule has 0 aliphatic carbocycles. The van der Waals surface area contributed by atoms with Crippen LogP contribution in [0, 0.1) is 0 Å². The van der Waals surface area contributed by atoms with Gasteiger partial charge in [-0.1, -0.05) is 37.6 Å². The van der Waals surface area contributed by atoms with Gasteiger partial charge in [0.25, 0.3) is 0 Å². The molecule has 0 heterocycles. The lowest BCUT2D eigenvalue weighted by Gasteiger charge is -2.23. The average molecular weight is 288 g/mol. The first-order valence-electron chi connectivity index (χ1n) is 6.43. The van der Waals surface area contributed by atoms with Crippen molar-refractivity contribution in [3.63, 3.8) is 0 Å². The van der Waals surface area contributed by atoms with Crippen LogP contribution in [0.2, 0.25) is 5.02 Å². The van der Waals surface area contributed by atoms with E-state index in [0.717, 1.165) is 23.6 Å². The van der Waals surface area contributed by atoms with Crippen molar-refractivity contribution in [1.82, 2.24) is 5.32 Å². The van der Waals surface area contributed by atoms with E-state index in [9.17, 15) is 4.21 Å². The Kier molecular flexibility index (Phi) is 6.90. The van der Waals surface area contributed by atoms with Gasteiger partial charge in [0.15, 0.2) is 0 Å². The zero-order valence-electron chi connectivity index (χ0n) is 11.3. The van der Waals surface area contributed by atoms with E-state index in [1.165, 1.54) is 0 Å². The van der Waals surface area contributed by atoms with Gasteiger partial charge in [-0.25, -0.2) is 0 Å². The number of halogens is 1. The van der Waals surface area contributed by atoms with Crippen LogP contribution in [0.1, 0.15) is 32.8 Å². The molecular formula is C14H22ClNOS. The number of hydrogen-bond donors (Lipinski definition) is 1. The molecule has 3 unspecified atom stereocenters. The van der Waals surface area contributed by atoms with E-state index in [0.29, 0.717) is 11.8 Å². The fourth-order valence-corrected chi connectivity index (χ4v) is 3.53. The molecular weight excluding hydrogens is 266 g/mol. The number of hydrogen-bond acceptors (Lipinski definition) is 2. The molecule has 1 N–H and O–H groups in total. The molecule has 0 aliphatic heterocycles. The van der Waals surface area contributed by atoms with Crippen LogP contribution in [0.5, 0.6) is 0 Å². The molecule has 0 saturated carbocycles. The van der Waals surface area contributed by atoms with Gasteiger partial charge in [-0.2, -0.15) is 0 Å². The normalized spacial score (nSPS) is 16.2. The minimum absolute atomic E-state index is 0.158. The molecule has 3 atom stereocenters. The molecule has 0 radical (unpaired) electrons. The Morgan fingerprint density at radius 1 is 1.28 bits per heavy atom. The van der Waals surface area contributed by atoms with Crippen molar-refractivity contribution < 1.29 is 4.21 Å². The van der Waals surface area contributed by atoms with Gasteiger partial charge >= 0.3 is 0 Å². The molecule has 102 valence electrons. The summed E-state index contributed by atoms with van der Waals surface area (Å²) in [7, 11) is -0.859. The van der Waals surface area contributed by atoms with Crippen molar-refractivity contribution in [3.05, 3.63) is 34.9 Å². The van der Waals surface area contributed by atoms with Gasteiger partial charge in [-0.15, -0.1) is 0 Å². The van der Waals surface area contributed by atoms with E-state index in [1.54, 1.807) is 0 Å². The third kappa shape index (κ3) is 4.71. The smallest absolute Gasteiger partial charge is 0.0488 e. The zero-order valence-corrected chi connectivity index (χ0v) is 12.9. The van der Waals surface area contributed by atoms with Crippen molar-refractivity contribution in [3.8, 4) is 0 Å². The first-order valence-corrected chi connectivity index (χ1v) is 8.19. The van der Waals surface area contributed by atoms with Gasteiger partial charge in [0.1, 0.15) is 0 Å². The summed E-state index contributed by atoms with van der Waals surface area (Å²) < 4.78 is 12.3.